The van der Waals surface area contributed by atoms with E-state index in [1.807, 2.05) is 0 Å². The van der Waals surface area contributed by atoms with Gasteiger partial charge in [0.15, 0.2) is 0 Å². The molecule has 2 saturated carbocycles. The molecule has 92 valence electrons. The topological polar surface area (TPSA) is 35.5 Å². The number of Topliss-reactive ketones (excluding diaryl/α,β-unsaturated/α-hetero) is 1. The van der Waals surface area contributed by atoms with Gasteiger partial charge in [-0.2, -0.15) is 0 Å². The van der Waals surface area contributed by atoms with Crippen molar-refractivity contribution in [1.29, 1.82) is 0 Å². The van der Waals surface area contributed by atoms with E-state index >= 15 is 0 Å². The highest BCUT2D eigenvalue weighted by molar-refractivity contribution is 5.82. The molecule has 2 aliphatic rings. The van der Waals surface area contributed by atoms with Crippen LogP contribution < -0.4 is 0 Å². The Morgan fingerprint density at radius 3 is 2.88 bits per heavy atom. The smallest absolute Gasteiger partial charge is 0.138 e. The summed E-state index contributed by atoms with van der Waals surface area (Å²) in [4.78, 5) is 12.0. The van der Waals surface area contributed by atoms with Gasteiger partial charge in [0.05, 0.1) is 18.8 Å². The molecule has 0 saturated heterocycles. The first-order valence-electron chi connectivity index (χ1n) is 6.44. The summed E-state index contributed by atoms with van der Waals surface area (Å²) in [6.45, 7) is 1.25. The van der Waals surface area contributed by atoms with Crippen LogP contribution in [0.25, 0.3) is 0 Å². The normalized spacial score (nSPS) is 34.8. The van der Waals surface area contributed by atoms with Gasteiger partial charge in [-0.3, -0.25) is 4.79 Å². The number of ether oxygens (including phenoxy) is 2. The number of rotatable bonds is 4. The van der Waals surface area contributed by atoms with Crippen molar-refractivity contribution in [2.24, 2.45) is 5.92 Å². The lowest BCUT2D eigenvalue weighted by atomic mass is 9.85. The number of carbonyl (C=O) groups is 1. The molecular formula is C13H22O3. The molecule has 0 spiro atoms. The zero-order chi connectivity index (χ0) is 11.4. The Hall–Kier alpha value is -0.410. The molecular weight excluding hydrogens is 204 g/mol. The summed E-state index contributed by atoms with van der Waals surface area (Å²) in [5.74, 6) is 0.610. The predicted molar refractivity (Wildman–Crippen MR) is 61.4 cm³/mol. The summed E-state index contributed by atoms with van der Waals surface area (Å²) in [7, 11) is 1.69. The first-order chi connectivity index (χ1) is 7.78. The molecule has 2 fully saturated rings. The molecule has 0 aromatic heterocycles. The van der Waals surface area contributed by atoms with Crippen LogP contribution in [0.4, 0.5) is 0 Å². The summed E-state index contributed by atoms with van der Waals surface area (Å²) in [6.07, 6.45) is 7.25. The molecule has 0 heterocycles. The maximum atomic E-state index is 12.0. The van der Waals surface area contributed by atoms with Crippen molar-refractivity contribution in [1.82, 2.24) is 0 Å². The minimum Gasteiger partial charge on any atom is -0.382 e. The molecule has 0 amide bonds. The lowest BCUT2D eigenvalue weighted by Gasteiger charge is -2.33. The maximum Gasteiger partial charge on any atom is 0.138 e. The molecule has 2 atom stereocenters. The van der Waals surface area contributed by atoms with Crippen molar-refractivity contribution in [2.45, 2.75) is 50.5 Å². The molecule has 0 aromatic carbocycles. The van der Waals surface area contributed by atoms with Crippen LogP contribution in [-0.2, 0) is 14.3 Å². The molecule has 2 unspecified atom stereocenters. The zero-order valence-electron chi connectivity index (χ0n) is 10.2. The quantitative estimate of drug-likeness (QED) is 0.690. The van der Waals surface area contributed by atoms with Crippen molar-refractivity contribution in [3.8, 4) is 0 Å². The van der Waals surface area contributed by atoms with E-state index in [1.165, 1.54) is 0 Å². The monoisotopic (exact) mass is 226 g/mol. The number of fused-ring (bicyclic) bond motifs is 1. The molecule has 0 radical (unpaired) electrons. The van der Waals surface area contributed by atoms with Gasteiger partial charge >= 0.3 is 0 Å². The molecule has 0 N–H and O–H groups in total. The van der Waals surface area contributed by atoms with E-state index in [4.69, 9.17) is 9.47 Å². The van der Waals surface area contributed by atoms with E-state index in [0.717, 1.165) is 44.9 Å². The molecule has 0 bridgehead atoms. The Labute approximate surface area is 97.5 Å². The van der Waals surface area contributed by atoms with Crippen LogP contribution in [0.15, 0.2) is 0 Å². The van der Waals surface area contributed by atoms with Crippen molar-refractivity contribution < 1.29 is 14.3 Å². The molecule has 0 aliphatic heterocycles. The molecule has 0 aromatic rings. The fraction of sp³-hybridized carbons (Fsp3) is 0.923. The molecule has 3 nitrogen and oxygen atoms in total. The van der Waals surface area contributed by atoms with Crippen LogP contribution >= 0.6 is 0 Å². The van der Waals surface area contributed by atoms with Gasteiger partial charge in [-0.05, 0) is 32.1 Å². The second-order valence-corrected chi connectivity index (χ2v) is 5.02. The number of methoxy groups -OCH3 is 1. The lowest BCUT2D eigenvalue weighted by Crippen LogP contribution is -2.40. The van der Waals surface area contributed by atoms with Crippen LogP contribution in [-0.4, -0.2) is 31.7 Å². The maximum absolute atomic E-state index is 12.0. The SMILES string of the molecule is COCCOC12CCCCC(=O)C1CCC2. The predicted octanol–water partition coefficient (Wildman–Crippen LogP) is 2.33. The minimum absolute atomic E-state index is 0.133. The van der Waals surface area contributed by atoms with Gasteiger partial charge in [-0.1, -0.05) is 6.42 Å². The summed E-state index contributed by atoms with van der Waals surface area (Å²) >= 11 is 0. The first kappa shape index (κ1) is 12.1. The number of ketones is 1. The van der Waals surface area contributed by atoms with Gasteiger partial charge in [0.25, 0.3) is 0 Å². The van der Waals surface area contributed by atoms with E-state index in [2.05, 4.69) is 0 Å². The molecule has 2 aliphatic carbocycles. The number of hydrogen-bond donors (Lipinski definition) is 0. The Balaban J connectivity index is 2.04. The highest BCUT2D eigenvalue weighted by atomic mass is 16.5. The Bertz CT molecular complexity index is 252. The fourth-order valence-corrected chi connectivity index (χ4v) is 3.27. The van der Waals surface area contributed by atoms with E-state index in [9.17, 15) is 4.79 Å². The van der Waals surface area contributed by atoms with Gasteiger partial charge in [0.1, 0.15) is 5.78 Å². The second kappa shape index (κ2) is 5.28. The molecule has 3 heteroatoms. The number of hydrogen-bond acceptors (Lipinski definition) is 3. The van der Waals surface area contributed by atoms with E-state index < -0.39 is 0 Å². The van der Waals surface area contributed by atoms with Gasteiger partial charge in [0.2, 0.25) is 0 Å². The third-order valence-corrected chi connectivity index (χ3v) is 4.07. The van der Waals surface area contributed by atoms with E-state index in [0.29, 0.717) is 19.0 Å². The second-order valence-electron chi connectivity index (χ2n) is 5.02. The van der Waals surface area contributed by atoms with Crippen molar-refractivity contribution in [2.75, 3.05) is 20.3 Å². The summed E-state index contributed by atoms with van der Waals surface area (Å²) < 4.78 is 11.1. The van der Waals surface area contributed by atoms with Crippen molar-refractivity contribution in [3.05, 3.63) is 0 Å². The van der Waals surface area contributed by atoms with Gasteiger partial charge in [-0.25, -0.2) is 0 Å². The zero-order valence-corrected chi connectivity index (χ0v) is 10.2. The third kappa shape index (κ3) is 2.30. The van der Waals surface area contributed by atoms with Crippen LogP contribution in [0.3, 0.4) is 0 Å². The van der Waals surface area contributed by atoms with Crippen molar-refractivity contribution >= 4 is 5.78 Å². The largest absolute Gasteiger partial charge is 0.382 e. The lowest BCUT2D eigenvalue weighted by molar-refractivity contribution is -0.136. The van der Waals surface area contributed by atoms with E-state index in [1.54, 1.807) is 7.11 Å². The minimum atomic E-state index is -0.133. The van der Waals surface area contributed by atoms with Gasteiger partial charge in [-0.15, -0.1) is 0 Å². The van der Waals surface area contributed by atoms with Crippen LogP contribution in [0.5, 0.6) is 0 Å². The summed E-state index contributed by atoms with van der Waals surface area (Å²) in [5.41, 5.74) is -0.133. The highest BCUT2D eigenvalue weighted by Gasteiger charge is 2.47. The van der Waals surface area contributed by atoms with Gasteiger partial charge in [0, 0.05) is 19.4 Å². The Kier molecular flexibility index (Phi) is 3.98. The number of carbonyl (C=O) groups excluding carboxylic acids is 1. The van der Waals surface area contributed by atoms with E-state index in [-0.39, 0.29) is 11.5 Å². The average molecular weight is 226 g/mol. The fourth-order valence-electron chi connectivity index (χ4n) is 3.27. The molecule has 16 heavy (non-hydrogen) atoms. The van der Waals surface area contributed by atoms with Crippen LogP contribution in [0.1, 0.15) is 44.9 Å². The van der Waals surface area contributed by atoms with Crippen LogP contribution in [0, 0.1) is 5.92 Å². The Morgan fingerprint density at radius 2 is 2.06 bits per heavy atom. The van der Waals surface area contributed by atoms with Crippen LogP contribution in [0.2, 0.25) is 0 Å². The summed E-state index contributed by atoms with van der Waals surface area (Å²) in [6, 6.07) is 0. The highest BCUT2D eigenvalue weighted by Crippen LogP contribution is 2.45. The van der Waals surface area contributed by atoms with Crippen molar-refractivity contribution in [3.63, 3.8) is 0 Å². The third-order valence-electron chi connectivity index (χ3n) is 4.07. The Morgan fingerprint density at radius 1 is 1.25 bits per heavy atom. The average Bonchev–Trinajstić information content (AvgIpc) is 2.63. The first-order valence-corrected chi connectivity index (χ1v) is 6.44. The standard InChI is InChI=1S/C13H22O3/c1-15-9-10-16-13-7-3-2-6-12(14)11(13)5-4-8-13/h11H,2-10H2,1H3. The summed E-state index contributed by atoms with van der Waals surface area (Å²) in [5, 5.41) is 0. The van der Waals surface area contributed by atoms with Gasteiger partial charge < -0.3 is 9.47 Å². The molecule has 2 rings (SSSR count).